The van der Waals surface area contributed by atoms with Crippen LogP contribution in [0.5, 0.6) is 0 Å². The summed E-state index contributed by atoms with van der Waals surface area (Å²) in [5.74, 6) is 0.704. The molecule has 0 amide bonds. The molecule has 1 N–H and O–H groups in total. The van der Waals surface area contributed by atoms with Gasteiger partial charge in [0, 0.05) is 16.2 Å². The van der Waals surface area contributed by atoms with Gasteiger partial charge in [-0.1, -0.05) is 20.3 Å². The van der Waals surface area contributed by atoms with Crippen LogP contribution in [0.4, 0.5) is 4.39 Å². The van der Waals surface area contributed by atoms with Gasteiger partial charge in [0.25, 0.3) is 0 Å². The summed E-state index contributed by atoms with van der Waals surface area (Å²) >= 11 is 1.91. The van der Waals surface area contributed by atoms with Gasteiger partial charge in [-0.3, -0.25) is 0 Å². The molecular formula is C16H24FNS. The molecule has 0 aromatic heterocycles. The van der Waals surface area contributed by atoms with Crippen LogP contribution >= 0.6 is 11.8 Å². The minimum atomic E-state index is -0.150. The van der Waals surface area contributed by atoms with Gasteiger partial charge in [0.15, 0.2) is 0 Å². The first kappa shape index (κ1) is 14.9. The summed E-state index contributed by atoms with van der Waals surface area (Å²) in [7, 11) is 0. The Morgan fingerprint density at radius 3 is 2.58 bits per heavy atom. The van der Waals surface area contributed by atoms with E-state index in [1.807, 2.05) is 23.9 Å². The normalized spacial score (nSPS) is 27.4. The Hall–Kier alpha value is -0.540. The minimum Gasteiger partial charge on any atom is -0.313 e. The lowest BCUT2D eigenvalue weighted by molar-refractivity contribution is 0.298. The number of hydrogen-bond acceptors (Lipinski definition) is 2. The zero-order valence-corrected chi connectivity index (χ0v) is 12.7. The summed E-state index contributed by atoms with van der Waals surface area (Å²) in [6.45, 7) is 5.49. The second-order valence-electron chi connectivity index (χ2n) is 5.36. The zero-order valence-electron chi connectivity index (χ0n) is 11.9. The third-order valence-electron chi connectivity index (χ3n) is 4.05. The minimum absolute atomic E-state index is 0.150. The van der Waals surface area contributed by atoms with Crippen LogP contribution in [0.2, 0.25) is 0 Å². The van der Waals surface area contributed by atoms with E-state index in [1.165, 1.54) is 30.6 Å². The van der Waals surface area contributed by atoms with Crippen molar-refractivity contribution in [3.05, 3.63) is 30.1 Å². The molecule has 1 aromatic carbocycles. The SMILES string of the molecule is CCNC1CCC(CC)CC1Sc1ccc(F)cc1. The van der Waals surface area contributed by atoms with E-state index < -0.39 is 0 Å². The molecule has 3 atom stereocenters. The van der Waals surface area contributed by atoms with E-state index >= 15 is 0 Å². The van der Waals surface area contributed by atoms with Crippen LogP contribution in [0.1, 0.15) is 39.5 Å². The maximum atomic E-state index is 13.0. The van der Waals surface area contributed by atoms with Crippen molar-refractivity contribution in [2.45, 2.75) is 55.7 Å². The predicted molar refractivity (Wildman–Crippen MR) is 81.1 cm³/mol. The lowest BCUT2D eigenvalue weighted by Crippen LogP contribution is -2.42. The third kappa shape index (κ3) is 4.22. The van der Waals surface area contributed by atoms with E-state index in [4.69, 9.17) is 0 Å². The number of rotatable bonds is 5. The topological polar surface area (TPSA) is 12.0 Å². The first-order valence-corrected chi connectivity index (χ1v) is 8.26. The van der Waals surface area contributed by atoms with Crippen LogP contribution in [0, 0.1) is 11.7 Å². The van der Waals surface area contributed by atoms with Crippen LogP contribution in [-0.2, 0) is 0 Å². The summed E-state index contributed by atoms with van der Waals surface area (Å²) in [6.07, 6.45) is 5.16. The Bertz CT molecular complexity index is 379. The second-order valence-corrected chi connectivity index (χ2v) is 6.67. The van der Waals surface area contributed by atoms with Gasteiger partial charge in [0.1, 0.15) is 5.82 Å². The van der Waals surface area contributed by atoms with Crippen molar-refractivity contribution in [3.63, 3.8) is 0 Å². The van der Waals surface area contributed by atoms with Crippen molar-refractivity contribution < 1.29 is 4.39 Å². The van der Waals surface area contributed by atoms with E-state index in [2.05, 4.69) is 19.2 Å². The second kappa shape index (κ2) is 7.30. The molecular weight excluding hydrogens is 257 g/mol. The Kier molecular flexibility index (Phi) is 5.71. The molecule has 0 heterocycles. The Morgan fingerprint density at radius 1 is 1.21 bits per heavy atom. The molecule has 2 rings (SSSR count). The van der Waals surface area contributed by atoms with Crippen LogP contribution in [-0.4, -0.2) is 17.8 Å². The van der Waals surface area contributed by atoms with Crippen LogP contribution in [0.15, 0.2) is 29.2 Å². The largest absolute Gasteiger partial charge is 0.313 e. The Labute approximate surface area is 120 Å². The molecule has 106 valence electrons. The summed E-state index contributed by atoms with van der Waals surface area (Å²) < 4.78 is 13.0. The summed E-state index contributed by atoms with van der Waals surface area (Å²) in [5.41, 5.74) is 0. The third-order valence-corrected chi connectivity index (χ3v) is 5.41. The predicted octanol–water partition coefficient (Wildman–Crippen LogP) is 4.47. The van der Waals surface area contributed by atoms with E-state index in [-0.39, 0.29) is 5.82 Å². The highest BCUT2D eigenvalue weighted by molar-refractivity contribution is 8.00. The molecule has 1 aliphatic rings. The molecule has 3 unspecified atom stereocenters. The lowest BCUT2D eigenvalue weighted by Gasteiger charge is -2.36. The number of benzene rings is 1. The van der Waals surface area contributed by atoms with Gasteiger partial charge in [-0.2, -0.15) is 0 Å². The zero-order chi connectivity index (χ0) is 13.7. The van der Waals surface area contributed by atoms with Crippen molar-refractivity contribution in [2.24, 2.45) is 5.92 Å². The summed E-state index contributed by atoms with van der Waals surface area (Å²) in [6, 6.07) is 7.52. The monoisotopic (exact) mass is 281 g/mol. The van der Waals surface area contributed by atoms with E-state index in [1.54, 1.807) is 12.1 Å². The first-order valence-electron chi connectivity index (χ1n) is 7.38. The summed E-state index contributed by atoms with van der Waals surface area (Å²) in [5, 5.41) is 4.23. The molecule has 0 saturated heterocycles. The molecule has 3 heteroatoms. The highest BCUT2D eigenvalue weighted by atomic mass is 32.2. The molecule has 0 aliphatic heterocycles. The maximum absolute atomic E-state index is 13.0. The highest BCUT2D eigenvalue weighted by Crippen LogP contribution is 2.37. The fourth-order valence-corrected chi connectivity index (χ4v) is 4.30. The number of hydrogen-bond donors (Lipinski definition) is 1. The van der Waals surface area contributed by atoms with Gasteiger partial charge in [-0.05, 0) is 56.0 Å². The Morgan fingerprint density at radius 2 is 1.95 bits per heavy atom. The van der Waals surface area contributed by atoms with Gasteiger partial charge in [0.2, 0.25) is 0 Å². The fourth-order valence-electron chi connectivity index (χ4n) is 2.90. The van der Waals surface area contributed by atoms with E-state index in [0.717, 1.165) is 12.5 Å². The van der Waals surface area contributed by atoms with E-state index in [0.29, 0.717) is 11.3 Å². The quantitative estimate of drug-likeness (QED) is 0.854. The van der Waals surface area contributed by atoms with Gasteiger partial charge in [0.05, 0.1) is 0 Å². The number of nitrogens with one attached hydrogen (secondary N) is 1. The number of thioether (sulfide) groups is 1. The molecule has 1 saturated carbocycles. The van der Waals surface area contributed by atoms with Crippen LogP contribution < -0.4 is 5.32 Å². The van der Waals surface area contributed by atoms with Gasteiger partial charge in [-0.25, -0.2) is 4.39 Å². The molecule has 0 spiro atoms. The molecule has 1 fully saturated rings. The van der Waals surface area contributed by atoms with Crippen LogP contribution in [0.25, 0.3) is 0 Å². The van der Waals surface area contributed by atoms with Crippen molar-refractivity contribution in [2.75, 3.05) is 6.54 Å². The highest BCUT2D eigenvalue weighted by Gasteiger charge is 2.29. The molecule has 0 bridgehead atoms. The smallest absolute Gasteiger partial charge is 0.123 e. The first-order chi connectivity index (χ1) is 9.22. The molecule has 1 aromatic rings. The number of halogens is 1. The van der Waals surface area contributed by atoms with E-state index in [9.17, 15) is 4.39 Å². The maximum Gasteiger partial charge on any atom is 0.123 e. The average Bonchev–Trinajstić information content (AvgIpc) is 2.43. The standard InChI is InChI=1S/C16H24FNS/c1-3-12-5-10-15(18-4-2)16(11-12)19-14-8-6-13(17)7-9-14/h6-9,12,15-16,18H,3-5,10-11H2,1-2H3. The Balaban J connectivity index is 2.02. The average molecular weight is 281 g/mol. The van der Waals surface area contributed by atoms with Crippen molar-refractivity contribution in [1.29, 1.82) is 0 Å². The summed E-state index contributed by atoms with van der Waals surface area (Å²) in [4.78, 5) is 1.19. The fraction of sp³-hybridized carbons (Fsp3) is 0.625. The van der Waals surface area contributed by atoms with Gasteiger partial charge < -0.3 is 5.32 Å². The van der Waals surface area contributed by atoms with Crippen molar-refractivity contribution in [3.8, 4) is 0 Å². The van der Waals surface area contributed by atoms with Crippen molar-refractivity contribution in [1.82, 2.24) is 5.32 Å². The molecule has 19 heavy (non-hydrogen) atoms. The molecule has 1 nitrogen and oxygen atoms in total. The van der Waals surface area contributed by atoms with Crippen LogP contribution in [0.3, 0.4) is 0 Å². The van der Waals surface area contributed by atoms with Crippen molar-refractivity contribution >= 4 is 11.8 Å². The van der Waals surface area contributed by atoms with Gasteiger partial charge in [-0.15, -0.1) is 11.8 Å². The van der Waals surface area contributed by atoms with Gasteiger partial charge >= 0.3 is 0 Å². The lowest BCUT2D eigenvalue weighted by atomic mass is 9.84. The molecule has 1 aliphatic carbocycles. The molecule has 0 radical (unpaired) electrons.